The van der Waals surface area contributed by atoms with Gasteiger partial charge in [0.2, 0.25) is 17.5 Å². The first-order valence-corrected chi connectivity index (χ1v) is 6.80. The molecule has 0 amide bonds. The van der Waals surface area contributed by atoms with Crippen LogP contribution in [0.3, 0.4) is 0 Å². The normalized spacial score (nSPS) is 10.6. The van der Waals surface area contributed by atoms with Crippen LogP contribution >= 0.6 is 0 Å². The summed E-state index contributed by atoms with van der Waals surface area (Å²) in [6.07, 6.45) is 0.958. The van der Waals surface area contributed by atoms with Gasteiger partial charge in [-0.15, -0.1) is 0 Å². The number of nitrogens with one attached hydrogen (secondary N) is 2. The third-order valence-electron chi connectivity index (χ3n) is 2.96. The maximum absolute atomic E-state index is 12.9. The molecule has 0 saturated heterocycles. The topological polar surface area (TPSA) is 66.3 Å². The zero-order valence-corrected chi connectivity index (χ0v) is 12.1. The Bertz CT molecular complexity index is 628. The van der Waals surface area contributed by atoms with Crippen LogP contribution in [0.4, 0.5) is 10.3 Å². The van der Waals surface area contributed by atoms with Crippen molar-refractivity contribution in [1.82, 2.24) is 4.98 Å². The summed E-state index contributed by atoms with van der Waals surface area (Å²) in [5, 5.41) is 12.2. The van der Waals surface area contributed by atoms with Crippen LogP contribution in [-0.4, -0.2) is 32.2 Å². The van der Waals surface area contributed by atoms with Crippen molar-refractivity contribution in [3.8, 4) is 17.5 Å². The summed E-state index contributed by atoms with van der Waals surface area (Å²) in [6.45, 7) is 1.73. The number of hydrogen-bond donors (Lipinski definition) is 2. The average Bonchev–Trinajstić information content (AvgIpc) is 2.87. The van der Waals surface area contributed by atoms with Gasteiger partial charge >= 0.3 is 0 Å². The summed E-state index contributed by atoms with van der Waals surface area (Å²) in [5.74, 6) is 0.355. The molecule has 0 saturated carbocycles. The summed E-state index contributed by atoms with van der Waals surface area (Å²) in [5.41, 5.74) is 0.852. The van der Waals surface area contributed by atoms with Gasteiger partial charge in [-0.05, 0) is 24.3 Å². The molecule has 1 aromatic heterocycles. The van der Waals surface area contributed by atoms with Crippen LogP contribution in [0.5, 0.6) is 0 Å². The Labute approximate surface area is 123 Å². The predicted octanol–water partition coefficient (Wildman–Crippen LogP) is 1.30. The molecule has 0 aliphatic rings. The molecule has 5 nitrogen and oxygen atoms in total. The molecule has 1 heterocycles. The molecule has 110 valence electrons. The van der Waals surface area contributed by atoms with Crippen LogP contribution in [0.15, 0.2) is 28.7 Å². The van der Waals surface area contributed by atoms with Crippen molar-refractivity contribution in [1.29, 1.82) is 5.26 Å². The highest BCUT2D eigenvalue weighted by Crippen LogP contribution is 2.25. The van der Waals surface area contributed by atoms with Crippen LogP contribution in [0, 0.1) is 17.1 Å². The third kappa shape index (κ3) is 4.04. The van der Waals surface area contributed by atoms with Gasteiger partial charge < -0.3 is 14.6 Å². The van der Waals surface area contributed by atoms with E-state index in [4.69, 9.17) is 9.68 Å². The molecular weight excluding hydrogens is 271 g/mol. The summed E-state index contributed by atoms with van der Waals surface area (Å²) in [4.78, 5) is 5.49. The molecular formula is C15H18FN4O+. The number of anilines is 1. The Kier molecular flexibility index (Phi) is 4.90. The van der Waals surface area contributed by atoms with Gasteiger partial charge in [-0.25, -0.2) is 4.39 Å². The average molecular weight is 289 g/mol. The minimum absolute atomic E-state index is 0.214. The van der Waals surface area contributed by atoms with E-state index in [0.717, 1.165) is 13.0 Å². The second-order valence-corrected chi connectivity index (χ2v) is 5.05. The second kappa shape index (κ2) is 6.86. The van der Waals surface area contributed by atoms with Crippen molar-refractivity contribution < 1.29 is 13.7 Å². The fourth-order valence-corrected chi connectivity index (χ4v) is 1.88. The van der Waals surface area contributed by atoms with Crippen LogP contribution in [0.2, 0.25) is 0 Å². The fraction of sp³-hybridized carbons (Fsp3) is 0.333. The monoisotopic (exact) mass is 289 g/mol. The number of quaternary nitrogens is 1. The molecule has 2 rings (SSSR count). The smallest absolute Gasteiger partial charge is 0.232 e. The van der Waals surface area contributed by atoms with E-state index in [1.54, 1.807) is 12.1 Å². The number of oxazole rings is 1. The van der Waals surface area contributed by atoms with Crippen LogP contribution < -0.4 is 10.2 Å². The number of hydrogen-bond acceptors (Lipinski definition) is 4. The summed E-state index contributed by atoms with van der Waals surface area (Å²) in [7, 11) is 4.17. The van der Waals surface area contributed by atoms with Crippen molar-refractivity contribution in [2.45, 2.75) is 6.42 Å². The van der Waals surface area contributed by atoms with Crippen molar-refractivity contribution >= 4 is 5.88 Å². The molecule has 0 aliphatic heterocycles. The minimum Gasteiger partial charge on any atom is -0.419 e. The highest BCUT2D eigenvalue weighted by molar-refractivity contribution is 5.58. The molecule has 2 N–H and O–H groups in total. The quantitative estimate of drug-likeness (QED) is 0.787. The SMILES string of the molecule is C[NH+](C)CCCNc1oc(-c2ccc(F)cc2)nc1C#N. The van der Waals surface area contributed by atoms with Crippen LogP contribution in [-0.2, 0) is 0 Å². The summed E-state index contributed by atoms with van der Waals surface area (Å²) in [6, 6.07) is 7.81. The van der Waals surface area contributed by atoms with E-state index in [-0.39, 0.29) is 11.5 Å². The largest absolute Gasteiger partial charge is 0.419 e. The number of benzene rings is 1. The van der Waals surface area contributed by atoms with Crippen molar-refractivity contribution in [2.24, 2.45) is 0 Å². The number of aromatic nitrogens is 1. The minimum atomic E-state index is -0.324. The molecule has 0 atom stereocenters. The van der Waals surface area contributed by atoms with Crippen LogP contribution in [0.1, 0.15) is 12.1 Å². The van der Waals surface area contributed by atoms with Crippen molar-refractivity contribution in [3.05, 3.63) is 35.8 Å². The molecule has 0 bridgehead atoms. The fourth-order valence-electron chi connectivity index (χ4n) is 1.88. The van der Waals surface area contributed by atoms with Crippen molar-refractivity contribution in [3.63, 3.8) is 0 Å². The lowest BCUT2D eigenvalue weighted by atomic mass is 10.2. The van der Waals surface area contributed by atoms with Gasteiger partial charge in [-0.1, -0.05) is 0 Å². The molecule has 0 spiro atoms. The maximum Gasteiger partial charge on any atom is 0.232 e. The Morgan fingerprint density at radius 2 is 2.05 bits per heavy atom. The molecule has 0 fully saturated rings. The number of rotatable bonds is 6. The third-order valence-corrected chi connectivity index (χ3v) is 2.96. The lowest BCUT2D eigenvalue weighted by Crippen LogP contribution is -3.05. The second-order valence-electron chi connectivity index (χ2n) is 5.05. The van der Waals surface area contributed by atoms with E-state index in [1.807, 2.05) is 6.07 Å². The van der Waals surface area contributed by atoms with Gasteiger partial charge in [-0.2, -0.15) is 10.2 Å². The summed E-state index contributed by atoms with van der Waals surface area (Å²) >= 11 is 0. The highest BCUT2D eigenvalue weighted by atomic mass is 19.1. The first-order chi connectivity index (χ1) is 10.1. The zero-order valence-electron chi connectivity index (χ0n) is 12.1. The Balaban J connectivity index is 2.09. The van der Waals surface area contributed by atoms with Gasteiger partial charge in [0, 0.05) is 18.5 Å². The van der Waals surface area contributed by atoms with Gasteiger partial charge in [0.05, 0.1) is 20.6 Å². The number of nitrogens with zero attached hydrogens (tertiary/aromatic N) is 2. The Morgan fingerprint density at radius 1 is 1.33 bits per heavy atom. The van der Waals surface area contributed by atoms with Gasteiger partial charge in [0.1, 0.15) is 11.9 Å². The lowest BCUT2D eigenvalue weighted by molar-refractivity contribution is -0.858. The van der Waals surface area contributed by atoms with E-state index < -0.39 is 0 Å². The van der Waals surface area contributed by atoms with E-state index in [2.05, 4.69) is 24.4 Å². The zero-order chi connectivity index (χ0) is 15.2. The molecule has 1 aromatic carbocycles. The highest BCUT2D eigenvalue weighted by Gasteiger charge is 2.14. The van der Waals surface area contributed by atoms with E-state index in [0.29, 0.717) is 23.9 Å². The number of halogens is 1. The first kappa shape index (κ1) is 15.0. The van der Waals surface area contributed by atoms with E-state index >= 15 is 0 Å². The molecule has 0 unspecified atom stereocenters. The molecule has 0 radical (unpaired) electrons. The molecule has 6 heteroatoms. The van der Waals surface area contributed by atoms with Crippen molar-refractivity contribution in [2.75, 3.05) is 32.5 Å². The molecule has 2 aromatic rings. The van der Waals surface area contributed by atoms with Gasteiger partial charge in [-0.3, -0.25) is 0 Å². The summed E-state index contributed by atoms with van der Waals surface area (Å²) < 4.78 is 18.5. The molecule has 0 aliphatic carbocycles. The Morgan fingerprint density at radius 3 is 2.67 bits per heavy atom. The lowest BCUT2D eigenvalue weighted by Gasteiger charge is -2.07. The maximum atomic E-state index is 12.9. The number of nitriles is 1. The van der Waals surface area contributed by atoms with E-state index in [9.17, 15) is 4.39 Å². The first-order valence-electron chi connectivity index (χ1n) is 6.80. The molecule has 21 heavy (non-hydrogen) atoms. The standard InChI is InChI=1S/C15H17FN4O/c1-20(2)9-3-8-18-15-13(10-17)19-14(21-15)11-4-6-12(16)7-5-11/h4-7,18H,3,8-9H2,1-2H3/p+1. The van der Waals surface area contributed by atoms with Crippen LogP contribution in [0.25, 0.3) is 11.5 Å². The van der Waals surface area contributed by atoms with E-state index in [1.165, 1.54) is 17.0 Å². The van der Waals surface area contributed by atoms with Gasteiger partial charge in [0.25, 0.3) is 0 Å². The predicted molar refractivity (Wildman–Crippen MR) is 77.4 cm³/mol. The van der Waals surface area contributed by atoms with Gasteiger partial charge in [0.15, 0.2) is 0 Å². The Hall–Kier alpha value is -2.39.